The maximum absolute atomic E-state index is 13.6. The van der Waals surface area contributed by atoms with E-state index in [4.69, 9.17) is 4.98 Å². The molecule has 0 aliphatic carbocycles. The number of anilines is 1. The van der Waals surface area contributed by atoms with Gasteiger partial charge in [-0.25, -0.2) is 14.4 Å². The Morgan fingerprint density at radius 2 is 2.12 bits per heavy atom. The first-order valence-corrected chi connectivity index (χ1v) is 10.8. The Balaban J connectivity index is 1.52. The number of aromatic amines is 2. The van der Waals surface area contributed by atoms with Gasteiger partial charge in [-0.2, -0.15) is 0 Å². The molecule has 5 rings (SSSR count). The highest BCUT2D eigenvalue weighted by molar-refractivity contribution is 5.86. The van der Waals surface area contributed by atoms with Gasteiger partial charge in [0.2, 0.25) is 0 Å². The average Bonchev–Trinajstić information content (AvgIpc) is 3.49. The van der Waals surface area contributed by atoms with Crippen LogP contribution < -0.4 is 10.9 Å². The van der Waals surface area contributed by atoms with Crippen molar-refractivity contribution >= 4 is 16.7 Å². The van der Waals surface area contributed by atoms with Crippen LogP contribution in [0.15, 0.2) is 72.2 Å². The first-order chi connectivity index (χ1) is 16.5. The Morgan fingerprint density at radius 3 is 2.88 bits per heavy atom. The fourth-order valence-corrected chi connectivity index (χ4v) is 4.11. The van der Waals surface area contributed by atoms with Crippen LogP contribution in [-0.4, -0.2) is 42.3 Å². The van der Waals surface area contributed by atoms with E-state index in [1.807, 2.05) is 29.8 Å². The number of benzene rings is 2. The lowest BCUT2D eigenvalue weighted by atomic mass is 10.1. The van der Waals surface area contributed by atoms with Gasteiger partial charge in [-0.05, 0) is 54.8 Å². The molecular weight excluding hydrogens is 435 g/mol. The van der Waals surface area contributed by atoms with Crippen LogP contribution in [0.1, 0.15) is 11.1 Å². The predicted octanol–water partition coefficient (Wildman–Crippen LogP) is 3.57. The Bertz CT molecular complexity index is 1510. The van der Waals surface area contributed by atoms with E-state index in [1.165, 1.54) is 18.3 Å². The van der Waals surface area contributed by atoms with E-state index in [1.54, 1.807) is 30.7 Å². The standard InChI is InChI=1S/C25H23FN6O2/c1-15-9-19(32-8-7-27-14-32)12-21-23(15)31-24(30-21)22-20(5-6-28-25(22)34)29-18(13-33)11-16-3-2-4-17(26)10-16/h2-10,12,14,18,33H,11,13H2,1H3,(H,30,31)(H2,28,29,34)/t18-/m1/s1. The molecule has 8 nitrogen and oxygen atoms in total. The van der Waals surface area contributed by atoms with Crippen molar-refractivity contribution in [1.82, 2.24) is 24.5 Å². The number of aliphatic hydroxyl groups is 1. The molecule has 3 heterocycles. The van der Waals surface area contributed by atoms with Crippen molar-refractivity contribution in [2.75, 3.05) is 11.9 Å². The molecule has 0 saturated heterocycles. The van der Waals surface area contributed by atoms with Gasteiger partial charge in [-0.3, -0.25) is 4.79 Å². The molecule has 0 unspecified atom stereocenters. The van der Waals surface area contributed by atoms with E-state index >= 15 is 0 Å². The minimum atomic E-state index is -0.429. The molecule has 0 amide bonds. The zero-order chi connectivity index (χ0) is 23.7. The summed E-state index contributed by atoms with van der Waals surface area (Å²) in [6.45, 7) is 1.76. The van der Waals surface area contributed by atoms with Gasteiger partial charge >= 0.3 is 0 Å². The van der Waals surface area contributed by atoms with Crippen LogP contribution in [0.5, 0.6) is 0 Å². The van der Waals surface area contributed by atoms with Gasteiger partial charge in [0.15, 0.2) is 0 Å². The smallest absolute Gasteiger partial charge is 0.261 e. The van der Waals surface area contributed by atoms with E-state index in [0.717, 1.165) is 27.8 Å². The minimum Gasteiger partial charge on any atom is -0.394 e. The van der Waals surface area contributed by atoms with Crippen molar-refractivity contribution < 1.29 is 9.50 Å². The molecule has 0 fully saturated rings. The van der Waals surface area contributed by atoms with Gasteiger partial charge in [0.25, 0.3) is 5.56 Å². The third-order valence-electron chi connectivity index (χ3n) is 5.71. The number of pyridine rings is 1. The number of H-pyrrole nitrogens is 2. The normalized spacial score (nSPS) is 12.2. The second-order valence-corrected chi connectivity index (χ2v) is 8.17. The van der Waals surface area contributed by atoms with Gasteiger partial charge in [0.1, 0.15) is 17.2 Å². The largest absolute Gasteiger partial charge is 0.394 e. The summed E-state index contributed by atoms with van der Waals surface area (Å²) in [7, 11) is 0. The van der Waals surface area contributed by atoms with E-state index in [2.05, 4.69) is 20.3 Å². The van der Waals surface area contributed by atoms with Crippen LogP contribution in [0, 0.1) is 12.7 Å². The van der Waals surface area contributed by atoms with Crippen LogP contribution in [0.4, 0.5) is 10.1 Å². The molecule has 1 atom stereocenters. The quantitative estimate of drug-likeness (QED) is 0.298. The molecule has 0 aliphatic rings. The third kappa shape index (κ3) is 4.20. The molecule has 0 spiro atoms. The lowest BCUT2D eigenvalue weighted by Crippen LogP contribution is -2.28. The van der Waals surface area contributed by atoms with E-state index in [9.17, 15) is 14.3 Å². The summed E-state index contributed by atoms with van der Waals surface area (Å²) >= 11 is 0. The number of aryl methyl sites for hydroxylation is 1. The predicted molar refractivity (Wildman–Crippen MR) is 129 cm³/mol. The molecule has 172 valence electrons. The van der Waals surface area contributed by atoms with Crippen LogP contribution in [0.25, 0.3) is 28.1 Å². The number of hydrogen-bond acceptors (Lipinski definition) is 5. The van der Waals surface area contributed by atoms with Gasteiger partial charge in [0.05, 0.1) is 35.7 Å². The maximum Gasteiger partial charge on any atom is 0.261 e. The molecule has 5 aromatic rings. The first kappa shape index (κ1) is 21.6. The van der Waals surface area contributed by atoms with Crippen molar-refractivity contribution in [1.29, 1.82) is 0 Å². The second kappa shape index (κ2) is 8.95. The number of aromatic nitrogens is 5. The fourth-order valence-electron chi connectivity index (χ4n) is 4.11. The molecule has 0 bridgehead atoms. The number of imidazole rings is 2. The number of rotatable bonds is 7. The molecule has 34 heavy (non-hydrogen) atoms. The molecular formula is C25H23FN6O2. The number of nitrogens with one attached hydrogen (secondary N) is 3. The number of hydrogen-bond donors (Lipinski definition) is 4. The van der Waals surface area contributed by atoms with Crippen molar-refractivity contribution in [2.24, 2.45) is 0 Å². The summed E-state index contributed by atoms with van der Waals surface area (Å²) in [5.74, 6) is 0.0754. The topological polar surface area (TPSA) is 112 Å². The molecule has 0 saturated carbocycles. The zero-order valence-electron chi connectivity index (χ0n) is 18.4. The first-order valence-electron chi connectivity index (χ1n) is 10.8. The number of aliphatic hydroxyl groups excluding tert-OH is 1. The van der Waals surface area contributed by atoms with E-state index < -0.39 is 6.04 Å². The Kier molecular flexibility index (Phi) is 5.69. The molecule has 0 radical (unpaired) electrons. The van der Waals surface area contributed by atoms with Crippen LogP contribution in [0.2, 0.25) is 0 Å². The molecule has 2 aromatic carbocycles. The van der Waals surface area contributed by atoms with Crippen LogP contribution >= 0.6 is 0 Å². The monoisotopic (exact) mass is 458 g/mol. The number of halogens is 1. The van der Waals surface area contributed by atoms with Gasteiger partial charge in [0, 0.05) is 24.3 Å². The summed E-state index contributed by atoms with van der Waals surface area (Å²) < 4.78 is 15.5. The molecule has 3 aromatic heterocycles. The Labute approximate surface area is 194 Å². The van der Waals surface area contributed by atoms with Crippen molar-refractivity contribution in [2.45, 2.75) is 19.4 Å². The lowest BCUT2D eigenvalue weighted by molar-refractivity contribution is 0.273. The van der Waals surface area contributed by atoms with E-state index in [-0.39, 0.29) is 18.0 Å². The Morgan fingerprint density at radius 1 is 1.24 bits per heavy atom. The van der Waals surface area contributed by atoms with Crippen molar-refractivity contribution in [3.05, 3.63) is 94.7 Å². The molecule has 4 N–H and O–H groups in total. The molecule has 0 aliphatic heterocycles. The van der Waals surface area contributed by atoms with Crippen LogP contribution in [-0.2, 0) is 6.42 Å². The number of nitrogens with zero attached hydrogens (tertiary/aromatic N) is 3. The summed E-state index contributed by atoms with van der Waals surface area (Å²) in [6.07, 6.45) is 7.20. The van der Waals surface area contributed by atoms with Crippen molar-refractivity contribution in [3.8, 4) is 17.1 Å². The van der Waals surface area contributed by atoms with Gasteiger partial charge in [-0.1, -0.05) is 12.1 Å². The SMILES string of the molecule is Cc1cc(-n2ccnc2)cc2[nH]c(-c3c(N[C@@H](CO)Cc4cccc(F)c4)cc[nH]c3=O)nc12. The highest BCUT2D eigenvalue weighted by atomic mass is 19.1. The van der Waals surface area contributed by atoms with Crippen molar-refractivity contribution in [3.63, 3.8) is 0 Å². The average molecular weight is 458 g/mol. The van der Waals surface area contributed by atoms with E-state index in [0.29, 0.717) is 23.5 Å². The summed E-state index contributed by atoms with van der Waals surface area (Å²) in [5.41, 5.74) is 4.69. The lowest BCUT2D eigenvalue weighted by Gasteiger charge is -2.19. The third-order valence-corrected chi connectivity index (χ3v) is 5.71. The Hall–Kier alpha value is -4.24. The molecule has 9 heteroatoms. The highest BCUT2D eigenvalue weighted by Gasteiger charge is 2.18. The van der Waals surface area contributed by atoms with Gasteiger partial charge < -0.3 is 25.0 Å². The zero-order valence-corrected chi connectivity index (χ0v) is 18.4. The fraction of sp³-hybridized carbons (Fsp3) is 0.160. The second-order valence-electron chi connectivity index (χ2n) is 8.17. The summed E-state index contributed by atoms with van der Waals surface area (Å²) in [6, 6.07) is 11.5. The maximum atomic E-state index is 13.6. The van der Waals surface area contributed by atoms with Crippen LogP contribution in [0.3, 0.4) is 0 Å². The van der Waals surface area contributed by atoms with Gasteiger partial charge in [-0.15, -0.1) is 0 Å². The summed E-state index contributed by atoms with van der Waals surface area (Å²) in [5, 5.41) is 13.2. The number of fused-ring (bicyclic) bond motifs is 1. The summed E-state index contributed by atoms with van der Waals surface area (Å²) in [4.78, 5) is 27.6. The minimum absolute atomic E-state index is 0.198. The highest BCUT2D eigenvalue weighted by Crippen LogP contribution is 2.28.